The molecule has 0 N–H and O–H groups in total. The van der Waals surface area contributed by atoms with Crippen LogP contribution in [-0.2, 0) is 14.3 Å². The molecule has 29 heavy (non-hydrogen) atoms. The molecule has 0 bridgehead atoms. The average Bonchev–Trinajstić information content (AvgIpc) is 2.76. The third-order valence-corrected chi connectivity index (χ3v) is 5.15. The van der Waals surface area contributed by atoms with Crippen molar-refractivity contribution in [2.24, 2.45) is 5.41 Å². The molecule has 5 nitrogen and oxygen atoms in total. The molecular formula is C24H25NO4. The molecule has 2 amide bonds. The maximum atomic E-state index is 13.4. The minimum absolute atomic E-state index is 0.183. The molecule has 1 saturated heterocycles. The number of esters is 1. The van der Waals surface area contributed by atoms with E-state index < -0.39 is 17.3 Å². The number of hydrogen-bond acceptors (Lipinski definition) is 4. The van der Waals surface area contributed by atoms with Crippen molar-refractivity contribution in [1.29, 1.82) is 0 Å². The molecule has 1 fully saturated rings. The van der Waals surface area contributed by atoms with Gasteiger partial charge in [0.2, 0.25) is 5.91 Å². The Bertz CT molecular complexity index is 892. The molecule has 0 aliphatic carbocycles. The number of likely N-dealkylation sites (tertiary alicyclic amines) is 1. The predicted molar refractivity (Wildman–Crippen MR) is 111 cm³/mol. The van der Waals surface area contributed by atoms with E-state index in [1.54, 1.807) is 31.2 Å². The summed E-state index contributed by atoms with van der Waals surface area (Å²) in [6.07, 6.45) is 4.82. The van der Waals surface area contributed by atoms with Gasteiger partial charge in [-0.1, -0.05) is 60.7 Å². The second-order valence-corrected chi connectivity index (χ2v) is 7.05. The number of nitrogens with zero attached hydrogens (tertiary/aromatic N) is 1. The SMILES string of the molecule is CCOC(=O)[C@]1(C/C=C/c2ccccc2)CCCN(C(=O)c2ccccc2)C1=O. The van der Waals surface area contributed by atoms with Gasteiger partial charge in [-0.25, -0.2) is 0 Å². The Kier molecular flexibility index (Phi) is 6.60. The van der Waals surface area contributed by atoms with Crippen LogP contribution in [0.15, 0.2) is 66.7 Å². The average molecular weight is 391 g/mol. The quantitative estimate of drug-likeness (QED) is 0.422. The summed E-state index contributed by atoms with van der Waals surface area (Å²) in [7, 11) is 0. The highest BCUT2D eigenvalue weighted by Gasteiger charge is 2.52. The minimum Gasteiger partial charge on any atom is -0.465 e. The number of rotatable bonds is 6. The molecule has 150 valence electrons. The summed E-state index contributed by atoms with van der Waals surface area (Å²) in [5, 5.41) is 0. The minimum atomic E-state index is -1.37. The maximum absolute atomic E-state index is 13.4. The Morgan fingerprint density at radius 1 is 1.07 bits per heavy atom. The van der Waals surface area contributed by atoms with Crippen molar-refractivity contribution in [2.75, 3.05) is 13.2 Å². The predicted octanol–water partition coefficient (Wildman–Crippen LogP) is 4.10. The Morgan fingerprint density at radius 2 is 1.72 bits per heavy atom. The van der Waals surface area contributed by atoms with Gasteiger partial charge in [0.25, 0.3) is 5.91 Å². The van der Waals surface area contributed by atoms with Crippen molar-refractivity contribution in [2.45, 2.75) is 26.2 Å². The largest absolute Gasteiger partial charge is 0.465 e. The van der Waals surface area contributed by atoms with E-state index in [1.165, 1.54) is 4.90 Å². The van der Waals surface area contributed by atoms with Gasteiger partial charge in [0.1, 0.15) is 0 Å². The summed E-state index contributed by atoms with van der Waals surface area (Å²) in [6, 6.07) is 18.3. The Hall–Kier alpha value is -3.21. The van der Waals surface area contributed by atoms with Gasteiger partial charge in [-0.05, 0) is 43.9 Å². The summed E-state index contributed by atoms with van der Waals surface area (Å²) in [4.78, 5) is 40.4. The van der Waals surface area contributed by atoms with Gasteiger partial charge < -0.3 is 4.74 Å². The van der Waals surface area contributed by atoms with E-state index in [2.05, 4.69) is 0 Å². The molecule has 1 aliphatic heterocycles. The van der Waals surface area contributed by atoms with E-state index in [0.717, 1.165) is 5.56 Å². The molecule has 0 spiro atoms. The van der Waals surface area contributed by atoms with Crippen LogP contribution in [0.4, 0.5) is 0 Å². The summed E-state index contributed by atoms with van der Waals surface area (Å²) < 4.78 is 5.26. The smallest absolute Gasteiger partial charge is 0.321 e. The standard InChI is InChI=1S/C24H25NO4/c1-2-29-23(28)24(16-9-13-19-11-5-3-6-12-19)17-10-18-25(22(24)27)21(26)20-14-7-4-8-15-20/h3-9,11-15H,2,10,16-18H2,1H3/b13-9+/t24-/m1/s1. The molecule has 0 radical (unpaired) electrons. The number of ether oxygens (including phenoxy) is 1. The maximum Gasteiger partial charge on any atom is 0.321 e. The molecule has 1 heterocycles. The number of piperidine rings is 1. The van der Waals surface area contributed by atoms with Crippen LogP contribution in [0.25, 0.3) is 6.08 Å². The number of amides is 2. The van der Waals surface area contributed by atoms with Gasteiger partial charge in [-0.15, -0.1) is 0 Å². The Morgan fingerprint density at radius 3 is 2.38 bits per heavy atom. The van der Waals surface area contributed by atoms with Crippen LogP contribution in [0.1, 0.15) is 42.1 Å². The molecule has 1 aliphatic rings. The fourth-order valence-electron chi connectivity index (χ4n) is 3.63. The fraction of sp³-hybridized carbons (Fsp3) is 0.292. The highest BCUT2D eigenvalue weighted by Crippen LogP contribution is 2.37. The van der Waals surface area contributed by atoms with E-state index >= 15 is 0 Å². The molecule has 0 aromatic heterocycles. The summed E-state index contributed by atoms with van der Waals surface area (Å²) >= 11 is 0. The van der Waals surface area contributed by atoms with Gasteiger partial charge in [0, 0.05) is 12.1 Å². The number of allylic oxidation sites excluding steroid dienone is 1. The molecule has 3 rings (SSSR count). The van der Waals surface area contributed by atoms with E-state index in [1.807, 2.05) is 48.6 Å². The molecular weight excluding hydrogens is 366 g/mol. The zero-order valence-electron chi connectivity index (χ0n) is 16.5. The number of carbonyl (C=O) groups is 3. The van der Waals surface area contributed by atoms with E-state index in [-0.39, 0.29) is 18.9 Å². The molecule has 0 unspecified atom stereocenters. The fourth-order valence-corrected chi connectivity index (χ4v) is 3.63. The van der Waals surface area contributed by atoms with Crippen molar-refractivity contribution < 1.29 is 19.1 Å². The normalized spacial score (nSPS) is 19.3. The topological polar surface area (TPSA) is 63.7 Å². The van der Waals surface area contributed by atoms with Crippen molar-refractivity contribution in [3.05, 3.63) is 77.9 Å². The second-order valence-electron chi connectivity index (χ2n) is 7.05. The van der Waals surface area contributed by atoms with Crippen LogP contribution in [0.5, 0.6) is 0 Å². The number of benzene rings is 2. The van der Waals surface area contributed by atoms with Gasteiger partial charge >= 0.3 is 5.97 Å². The van der Waals surface area contributed by atoms with Gasteiger partial charge in [0.05, 0.1) is 6.61 Å². The summed E-state index contributed by atoms with van der Waals surface area (Å²) in [5.41, 5.74) is 0.0385. The van der Waals surface area contributed by atoms with E-state index in [9.17, 15) is 14.4 Å². The lowest BCUT2D eigenvalue weighted by atomic mass is 9.75. The van der Waals surface area contributed by atoms with Crippen LogP contribution in [-0.4, -0.2) is 35.8 Å². The lowest BCUT2D eigenvalue weighted by molar-refractivity contribution is -0.166. The summed E-state index contributed by atoms with van der Waals surface area (Å²) in [5.74, 6) is -1.42. The Balaban J connectivity index is 1.88. The van der Waals surface area contributed by atoms with Crippen molar-refractivity contribution in [1.82, 2.24) is 4.90 Å². The van der Waals surface area contributed by atoms with Crippen molar-refractivity contribution in [3.63, 3.8) is 0 Å². The molecule has 2 aromatic rings. The van der Waals surface area contributed by atoms with Crippen molar-refractivity contribution in [3.8, 4) is 0 Å². The number of carbonyl (C=O) groups excluding carboxylic acids is 3. The summed E-state index contributed by atoms with van der Waals surface area (Å²) in [6.45, 7) is 2.20. The van der Waals surface area contributed by atoms with Crippen molar-refractivity contribution >= 4 is 23.9 Å². The van der Waals surface area contributed by atoms with Crippen LogP contribution >= 0.6 is 0 Å². The molecule has 0 saturated carbocycles. The highest BCUT2D eigenvalue weighted by molar-refractivity contribution is 6.13. The van der Waals surface area contributed by atoms with Crippen LogP contribution < -0.4 is 0 Å². The van der Waals surface area contributed by atoms with E-state index in [0.29, 0.717) is 24.9 Å². The van der Waals surface area contributed by atoms with Gasteiger partial charge in [-0.3, -0.25) is 19.3 Å². The van der Waals surface area contributed by atoms with Gasteiger partial charge in [0.15, 0.2) is 5.41 Å². The first-order chi connectivity index (χ1) is 14.1. The first kappa shape index (κ1) is 20.5. The lowest BCUT2D eigenvalue weighted by Gasteiger charge is -2.38. The Labute approximate surface area is 171 Å². The third kappa shape index (κ3) is 4.45. The molecule has 2 aromatic carbocycles. The monoisotopic (exact) mass is 391 g/mol. The molecule has 1 atom stereocenters. The number of imide groups is 1. The first-order valence-electron chi connectivity index (χ1n) is 9.88. The van der Waals surface area contributed by atoms with Crippen LogP contribution in [0, 0.1) is 5.41 Å². The number of hydrogen-bond donors (Lipinski definition) is 0. The zero-order chi connectivity index (χ0) is 20.7. The van der Waals surface area contributed by atoms with Crippen LogP contribution in [0.3, 0.4) is 0 Å². The zero-order valence-corrected chi connectivity index (χ0v) is 16.5. The lowest BCUT2D eigenvalue weighted by Crippen LogP contribution is -2.55. The van der Waals surface area contributed by atoms with Gasteiger partial charge in [-0.2, -0.15) is 0 Å². The molecule has 5 heteroatoms. The van der Waals surface area contributed by atoms with Crippen LogP contribution in [0.2, 0.25) is 0 Å². The second kappa shape index (κ2) is 9.32. The first-order valence-corrected chi connectivity index (χ1v) is 9.88. The third-order valence-electron chi connectivity index (χ3n) is 5.15. The highest BCUT2D eigenvalue weighted by atomic mass is 16.5. The van der Waals surface area contributed by atoms with E-state index in [4.69, 9.17) is 4.74 Å².